The Bertz CT molecular complexity index is 9460. The number of para-hydroxylation sites is 3. The molecule has 12 atom stereocenters. The van der Waals surface area contributed by atoms with Gasteiger partial charge in [-0.3, -0.25) is 28.8 Å². The van der Waals surface area contributed by atoms with Gasteiger partial charge in [0.15, 0.2) is 19.7 Å². The fraction of sp³-hybridized carbons (Fsp3) is 0.447. The molecular formula is C114H156N12O15. The first-order chi connectivity index (χ1) is 99.5. The summed E-state index contributed by atoms with van der Waals surface area (Å²) >= 11 is 0. The number of hydrogen-bond donors (Lipinski definition) is 12. The highest BCUT2D eigenvalue weighted by atomic mass is 16.5. The van der Waals surface area contributed by atoms with Crippen LogP contribution in [0.5, 0.6) is 17.2 Å². The average molecular weight is 2020 g/mol. The largest absolute Gasteiger partial charge is 0.483 e. The molecule has 9 aromatic carbocycles. The number of nitrogens with one attached hydrogen (secondary N) is 9. The lowest BCUT2D eigenvalue weighted by Crippen LogP contribution is -2.59. The molecule has 3 aliphatic rings. The maximum Gasteiger partial charge on any atom is 0.318 e. The average Bonchev–Trinajstić information content (AvgIpc) is 0.674. The summed E-state index contributed by atoms with van der Waals surface area (Å²) in [6, 6.07) is -40.5. The van der Waals surface area contributed by atoms with Crippen LogP contribution in [-0.4, -0.2) is 215 Å². The minimum absolute atomic E-state index is 0. The molecule has 3 aliphatic heterocycles. The van der Waals surface area contributed by atoms with E-state index in [4.69, 9.17) is 113 Å². The number of nitrogens with zero attached hydrogens (tertiary/aromatic N) is 3. The van der Waals surface area contributed by atoms with E-state index >= 15 is 4.79 Å². The maximum absolute atomic E-state index is 15.0. The maximum atomic E-state index is 15.0. The minimum atomic E-state index is -4.88. The van der Waals surface area contributed by atoms with E-state index in [-0.39, 0.29) is 73.7 Å². The Morgan fingerprint density at radius 1 is 0.390 bits per heavy atom. The van der Waals surface area contributed by atoms with Gasteiger partial charge in [0.2, 0.25) is 17.7 Å². The van der Waals surface area contributed by atoms with Crippen LogP contribution in [0.15, 0.2) is 236 Å². The number of aliphatic hydroxyl groups is 3. The molecule has 0 spiro atoms. The van der Waals surface area contributed by atoms with E-state index in [1.54, 1.807) is 11.4 Å². The molecule has 12 N–H and O–H groups in total. The topological polar surface area (TPSA) is 360 Å². The number of aliphatic hydroxyl groups excluding tert-OH is 3. The van der Waals surface area contributed by atoms with Crippen molar-refractivity contribution in [2.75, 3.05) is 58.8 Å². The van der Waals surface area contributed by atoms with Crippen molar-refractivity contribution in [1.29, 1.82) is 0 Å². The van der Waals surface area contributed by atoms with Gasteiger partial charge < -0.3 is 92.1 Å². The van der Waals surface area contributed by atoms with Crippen molar-refractivity contribution in [3.8, 4) is 17.2 Å². The summed E-state index contributed by atoms with van der Waals surface area (Å²) in [6.07, 6.45) is -36.5. The third-order valence-corrected chi connectivity index (χ3v) is 18.7. The van der Waals surface area contributed by atoms with Gasteiger partial charge in [0, 0.05) is 127 Å². The number of ether oxygens (including phenoxy) is 3. The lowest BCUT2D eigenvalue weighted by Gasteiger charge is -2.37. The molecular weight excluding hydrogens is 1780 g/mol. The first kappa shape index (κ1) is 43.4. The SMILES string of the molecule is C.C.C.[2H]c1c([2H])c([2H])c(C([2H])([2H])[C@]([2H])(NC(=O)C([2H])([2H])Oc2c(C([2H])([2H])[2H])c([2H])c([2H])c([2H])c2C([2H])([2H])[2H])[C@@H](O)C[C@H](Cc2ccccc2)NC(=O)[C@@]([2H])(N2C(=O)NC([2H])([2H])C([2H])([2H])C2([2H])[2H])C([2H])(C([2H])([2H])[2H])C([2H])([2H])[2H])c([2H])c1[2H].[2H]c1c([2H])c([2H])c(C([2H])([2H])[C@]([2H])(NC(=O)C([2H])([2H])Oc2c(C([2H])([2H])[2H])c([2H])c([2H])c([2H])c2C([2H])([2H])[2H])[C@@H](O)C[C@H](Cc2ccccc2)NC(=O)[C@@]([2H])(N2CCCNC2=O)C([2H])(C([2H])([2H])[2H])C([2H])([2H])[2H])c([2H])c1[2H].[2H]c1c([2H])c([2H])c(C([2H])([2H])[C@]([2H])(NC(=O)C([2H])([2H])Oc2c(C)cccc2C)[C@@H](O)C[C@H](Cc2ccccc2)NC(=O)[C@@]([2H])(N2C(=O)NC([2H])([2H])C([2H])([2H])C2([2H])[2H])C([2H])(C([2H])([2H])[2H])C([2H])([2H])[2H])c([2H])c1[2H]. The van der Waals surface area contributed by atoms with Crippen molar-refractivity contribution in [2.45, 2.75) is 254 Å². The summed E-state index contributed by atoms with van der Waals surface area (Å²) < 4.78 is 722. The molecule has 12 amide bonds. The molecule has 0 radical (unpaired) electrons. The van der Waals surface area contributed by atoms with Crippen LogP contribution in [0, 0.1) is 58.9 Å². The normalized spacial score (nSPS) is 29.3. The first-order valence-electron chi connectivity index (χ1n) is 82.5. The van der Waals surface area contributed by atoms with Crippen LogP contribution in [0.1, 0.15) is 284 Å². The van der Waals surface area contributed by atoms with Gasteiger partial charge in [-0.05, 0) is 203 Å². The molecule has 0 saturated carbocycles. The molecule has 12 rings (SSSR count). The number of amides is 12. The number of rotatable bonds is 45. The lowest BCUT2D eigenvalue weighted by molar-refractivity contribution is -0.129. The second-order valence-corrected chi connectivity index (χ2v) is 28.7. The number of urea groups is 3. The lowest BCUT2D eigenvalue weighted by atomic mass is 9.92. The zero-order valence-electron chi connectivity index (χ0n) is 156. The Morgan fingerprint density at radius 3 is 0.986 bits per heavy atom. The number of benzene rings is 9. The Balaban J connectivity index is 0.000000443. The first-order valence-corrected chi connectivity index (χ1v) is 40.5. The number of aryl methyl sites for hydroxylation is 2. The fourth-order valence-electron chi connectivity index (χ4n) is 12.6. The molecule has 3 heterocycles. The third kappa shape index (κ3) is 36.5. The highest BCUT2D eigenvalue weighted by Crippen LogP contribution is 2.29. The van der Waals surface area contributed by atoms with E-state index in [0.717, 1.165) is 0 Å². The molecule has 3 fully saturated rings. The predicted molar refractivity (Wildman–Crippen MR) is 559 cm³/mol. The third-order valence-electron chi connectivity index (χ3n) is 18.7. The second kappa shape index (κ2) is 58.8. The van der Waals surface area contributed by atoms with Crippen molar-refractivity contribution < 1.29 is 188 Å². The van der Waals surface area contributed by atoms with Crippen molar-refractivity contribution in [3.63, 3.8) is 0 Å². The minimum Gasteiger partial charge on any atom is -0.483 e. The molecule has 0 aliphatic carbocycles. The molecule has 27 nitrogen and oxygen atoms in total. The molecule has 0 unspecified atom stereocenters. The van der Waals surface area contributed by atoms with Gasteiger partial charge in [-0.1, -0.05) is 299 Å². The summed E-state index contributed by atoms with van der Waals surface area (Å²) in [5.74, 6) is -31.3. The van der Waals surface area contributed by atoms with Crippen LogP contribution < -0.4 is 62.1 Å². The number of hydrogen-bond acceptors (Lipinski definition) is 15. The molecule has 27 heteroatoms. The van der Waals surface area contributed by atoms with Crippen molar-refractivity contribution in [1.82, 2.24) is 62.6 Å². The van der Waals surface area contributed by atoms with Crippen LogP contribution in [0.25, 0.3) is 0 Å². The predicted octanol–water partition coefficient (Wildman–Crippen LogP) is 14.9. The zero-order valence-corrected chi connectivity index (χ0v) is 72.3. The van der Waals surface area contributed by atoms with E-state index in [2.05, 4.69) is 10.6 Å². The van der Waals surface area contributed by atoms with E-state index in [1.165, 1.54) is 138 Å². The Labute approximate surface area is 954 Å². The molecule has 9 aromatic rings. The molecule has 141 heavy (non-hydrogen) atoms. The quantitative estimate of drug-likeness (QED) is 0.0169. The Hall–Kier alpha value is -13.1. The standard InChI is InChI=1S/3C37H48N4O5.3CH4/c3*1-25(2)34(41-20-12-19-38-37(41)45)36(44)39-30(21-28-15-7-5-8-16-28)23-32(42)31(22-29-17-9-6-10-18-29)40-33(43)24-46-35-26(3)13-11-14-27(35)4;;;/h3*5-11,13-18,25,30-32,34,42H,12,19-24H2,1-4H3,(H,38,45)(H,39,44)(H,40,43);3*1H4/t3*30-,31-,32-,34-;;;/m000.../s1/i1D3,2D3,3D3,4D3,6D,9D,10D,11D,12D2,13D,14D,17D,18D,19D2,20D2,22D2,24D2,25D,31D,34D;1D3,2D3,3D3,4D3,6D,9D,10D,11D,13D,14D,17D,18D,22D2,24D2,25D,31D,34D;1D3,2D3,6D,9D,10D,12D2,17D,18D,19D2,20D2,22D2,24D2,25D,31D,34D;;;. The summed E-state index contributed by atoms with van der Waals surface area (Å²) in [5, 5.41) is 52.1. The molecule has 3 saturated heterocycles. The summed E-state index contributed by atoms with van der Waals surface area (Å²) in [7, 11) is 0. The number of carbonyl (C=O) groups excluding carboxylic acids is 9. The molecule has 0 bridgehead atoms. The van der Waals surface area contributed by atoms with Gasteiger partial charge in [0.25, 0.3) is 17.7 Å². The summed E-state index contributed by atoms with van der Waals surface area (Å²) in [5.41, 5.74) is -9.74. The highest BCUT2D eigenvalue weighted by molar-refractivity contribution is 5.90. The summed E-state index contributed by atoms with van der Waals surface area (Å²) in [4.78, 5) is 126. The molecule has 0 aromatic heterocycles. The monoisotopic (exact) mass is 2020 g/mol. The van der Waals surface area contributed by atoms with Gasteiger partial charge in [-0.2, -0.15) is 0 Å². The van der Waals surface area contributed by atoms with Crippen LogP contribution in [0.2, 0.25) is 0 Å². The Morgan fingerprint density at radius 2 is 0.688 bits per heavy atom. The second-order valence-electron chi connectivity index (χ2n) is 28.7. The fourth-order valence-corrected chi connectivity index (χ4v) is 12.6. The Kier molecular flexibility index (Phi) is 18.1. The van der Waals surface area contributed by atoms with Gasteiger partial charge in [0.05, 0.1) is 81.6 Å². The van der Waals surface area contributed by atoms with Crippen LogP contribution in [0.4, 0.5) is 14.4 Å². The van der Waals surface area contributed by atoms with Crippen LogP contribution in [0.3, 0.4) is 0 Å². The smallest absolute Gasteiger partial charge is 0.318 e. The van der Waals surface area contributed by atoms with E-state index in [1.807, 2.05) is 10.6 Å². The summed E-state index contributed by atoms with van der Waals surface area (Å²) in [6.45, 7) is -67.3. The highest BCUT2D eigenvalue weighted by Gasteiger charge is 2.40. The van der Waals surface area contributed by atoms with E-state index in [9.17, 15) is 70.1 Å². The van der Waals surface area contributed by atoms with Crippen molar-refractivity contribution >= 4 is 53.5 Å². The zero-order chi connectivity index (χ0) is 172. The van der Waals surface area contributed by atoms with Crippen molar-refractivity contribution in [2.24, 2.45) is 17.7 Å². The van der Waals surface area contributed by atoms with E-state index in [0.29, 0.717) is 0 Å². The van der Waals surface area contributed by atoms with Crippen molar-refractivity contribution in [3.05, 3.63) is 303 Å². The van der Waals surface area contributed by atoms with E-state index < -0.39 is 522 Å². The van der Waals surface area contributed by atoms with Gasteiger partial charge in [-0.25, -0.2) is 14.4 Å². The van der Waals surface area contributed by atoms with Gasteiger partial charge >= 0.3 is 18.1 Å². The van der Waals surface area contributed by atoms with Crippen LogP contribution in [-0.2, 0) is 67.1 Å². The molecule has 762 valence electrons. The van der Waals surface area contributed by atoms with Gasteiger partial charge in [-0.15, -0.1) is 0 Å². The van der Waals surface area contributed by atoms with Crippen LogP contribution >= 0.6 is 0 Å². The van der Waals surface area contributed by atoms with Gasteiger partial charge in [0.1, 0.15) is 35.3 Å². The number of carbonyl (C=O) groups is 9.